The molecule has 1 aliphatic heterocycles. The molecule has 2 aromatic heterocycles. The number of rotatable bonds is 4. The molecule has 0 saturated carbocycles. The van der Waals surface area contributed by atoms with E-state index in [1.165, 1.54) is 0 Å². The Morgan fingerprint density at radius 2 is 1.96 bits per heavy atom. The van der Waals surface area contributed by atoms with Gasteiger partial charge in [0.25, 0.3) is 0 Å². The minimum absolute atomic E-state index is 0.117. The normalized spacial score (nSPS) is 14.4. The summed E-state index contributed by atoms with van der Waals surface area (Å²) >= 11 is 0. The standard InChI is InChI=1S/C19H23N7O2/c1-3-28-17-7-5-4-6-16(17)21-19(27)25-10-8-24(9-11-25)15-12-18-23-22-14(2)26(18)20-13-15/h4-7,12-13H,3,8-11H2,1-2H3,(H,21,27). The number of nitrogens with one attached hydrogen (secondary N) is 1. The van der Waals surface area contributed by atoms with Gasteiger partial charge >= 0.3 is 6.03 Å². The molecule has 3 aromatic rings. The Kier molecular flexibility index (Phi) is 4.96. The van der Waals surface area contributed by atoms with E-state index in [9.17, 15) is 4.79 Å². The van der Waals surface area contributed by atoms with Crippen LogP contribution in [0.5, 0.6) is 5.75 Å². The summed E-state index contributed by atoms with van der Waals surface area (Å²) in [7, 11) is 0. The predicted octanol–water partition coefficient (Wildman–Crippen LogP) is 2.19. The van der Waals surface area contributed by atoms with E-state index in [1.54, 1.807) is 4.52 Å². The van der Waals surface area contributed by atoms with Crippen LogP contribution in [-0.4, -0.2) is 63.5 Å². The molecule has 0 unspecified atom stereocenters. The minimum Gasteiger partial charge on any atom is -0.492 e. The van der Waals surface area contributed by atoms with Crippen molar-refractivity contribution in [3.63, 3.8) is 0 Å². The number of aromatic nitrogens is 4. The second kappa shape index (κ2) is 7.71. The molecule has 1 fully saturated rings. The largest absolute Gasteiger partial charge is 0.492 e. The number of amides is 2. The molecule has 1 aromatic carbocycles. The second-order valence-corrected chi connectivity index (χ2v) is 6.56. The molecule has 0 bridgehead atoms. The smallest absolute Gasteiger partial charge is 0.322 e. The summed E-state index contributed by atoms with van der Waals surface area (Å²) < 4.78 is 7.29. The maximum atomic E-state index is 12.7. The topological polar surface area (TPSA) is 87.9 Å². The minimum atomic E-state index is -0.117. The molecule has 3 heterocycles. The summed E-state index contributed by atoms with van der Waals surface area (Å²) in [5.41, 5.74) is 2.40. The molecule has 1 N–H and O–H groups in total. The average molecular weight is 381 g/mol. The number of hydrogen-bond acceptors (Lipinski definition) is 6. The molecule has 0 aliphatic carbocycles. The van der Waals surface area contributed by atoms with Gasteiger partial charge in [-0.3, -0.25) is 0 Å². The number of ether oxygens (including phenoxy) is 1. The number of carbonyl (C=O) groups excluding carboxylic acids is 1. The summed E-state index contributed by atoms with van der Waals surface area (Å²) in [6, 6.07) is 9.33. The zero-order chi connectivity index (χ0) is 19.5. The van der Waals surface area contributed by atoms with Crippen molar-refractivity contribution in [2.45, 2.75) is 13.8 Å². The molecular weight excluding hydrogens is 358 g/mol. The van der Waals surface area contributed by atoms with Gasteiger partial charge in [0.05, 0.1) is 24.2 Å². The molecule has 28 heavy (non-hydrogen) atoms. The fraction of sp³-hybridized carbons (Fsp3) is 0.368. The van der Waals surface area contributed by atoms with Crippen LogP contribution >= 0.6 is 0 Å². The maximum Gasteiger partial charge on any atom is 0.322 e. The predicted molar refractivity (Wildman–Crippen MR) is 106 cm³/mol. The molecule has 9 nitrogen and oxygen atoms in total. The molecule has 146 valence electrons. The van der Waals surface area contributed by atoms with Gasteiger partial charge in [-0.15, -0.1) is 10.2 Å². The number of fused-ring (bicyclic) bond motifs is 1. The van der Waals surface area contributed by atoms with Gasteiger partial charge in [0.1, 0.15) is 5.75 Å². The molecular formula is C19H23N7O2. The van der Waals surface area contributed by atoms with Crippen molar-refractivity contribution in [2.75, 3.05) is 43.0 Å². The molecule has 0 spiro atoms. The first kappa shape index (κ1) is 18.0. The van der Waals surface area contributed by atoms with Crippen LogP contribution in [0.1, 0.15) is 12.7 Å². The number of benzene rings is 1. The van der Waals surface area contributed by atoms with E-state index in [4.69, 9.17) is 4.74 Å². The van der Waals surface area contributed by atoms with E-state index in [1.807, 2.05) is 55.3 Å². The Balaban J connectivity index is 1.38. The zero-order valence-corrected chi connectivity index (χ0v) is 16.0. The van der Waals surface area contributed by atoms with E-state index in [2.05, 4.69) is 25.5 Å². The highest BCUT2D eigenvalue weighted by Gasteiger charge is 2.22. The van der Waals surface area contributed by atoms with Gasteiger partial charge in [-0.2, -0.15) is 9.61 Å². The van der Waals surface area contributed by atoms with Crippen LogP contribution in [0, 0.1) is 6.92 Å². The molecule has 9 heteroatoms. The SMILES string of the molecule is CCOc1ccccc1NC(=O)N1CCN(c2cnn3c(C)nnc3c2)CC1. The highest BCUT2D eigenvalue weighted by molar-refractivity contribution is 5.91. The lowest BCUT2D eigenvalue weighted by molar-refractivity contribution is 0.208. The maximum absolute atomic E-state index is 12.7. The van der Waals surface area contributed by atoms with Crippen LogP contribution in [-0.2, 0) is 0 Å². The van der Waals surface area contributed by atoms with Crippen LogP contribution in [0.15, 0.2) is 36.5 Å². The van der Waals surface area contributed by atoms with Crippen LogP contribution in [0.2, 0.25) is 0 Å². The summed E-state index contributed by atoms with van der Waals surface area (Å²) in [6.45, 7) is 7.05. The summed E-state index contributed by atoms with van der Waals surface area (Å²) in [4.78, 5) is 16.7. The van der Waals surface area contributed by atoms with Crippen molar-refractivity contribution >= 4 is 23.1 Å². The third kappa shape index (κ3) is 3.55. The quantitative estimate of drug-likeness (QED) is 0.745. The Morgan fingerprint density at radius 3 is 2.75 bits per heavy atom. The first-order chi connectivity index (χ1) is 13.7. The van der Waals surface area contributed by atoms with Crippen LogP contribution < -0.4 is 15.0 Å². The van der Waals surface area contributed by atoms with Crippen LogP contribution in [0.25, 0.3) is 5.65 Å². The van der Waals surface area contributed by atoms with Crippen molar-refractivity contribution in [3.05, 3.63) is 42.4 Å². The highest BCUT2D eigenvalue weighted by atomic mass is 16.5. The number of urea groups is 1. The van der Waals surface area contributed by atoms with E-state index in [-0.39, 0.29) is 6.03 Å². The Morgan fingerprint density at radius 1 is 1.18 bits per heavy atom. The van der Waals surface area contributed by atoms with Gasteiger partial charge in [0.15, 0.2) is 11.5 Å². The molecule has 0 atom stereocenters. The van der Waals surface area contributed by atoms with Crippen molar-refractivity contribution in [3.8, 4) is 5.75 Å². The van der Waals surface area contributed by atoms with Crippen molar-refractivity contribution in [2.24, 2.45) is 0 Å². The molecule has 1 saturated heterocycles. The summed E-state index contributed by atoms with van der Waals surface area (Å²) in [6.07, 6.45) is 1.82. The number of para-hydroxylation sites is 2. The summed E-state index contributed by atoms with van der Waals surface area (Å²) in [5.74, 6) is 1.44. The number of piperazine rings is 1. The highest BCUT2D eigenvalue weighted by Crippen LogP contribution is 2.24. The molecule has 2 amide bonds. The van der Waals surface area contributed by atoms with Crippen molar-refractivity contribution in [1.29, 1.82) is 0 Å². The lowest BCUT2D eigenvalue weighted by Crippen LogP contribution is -2.50. The fourth-order valence-electron chi connectivity index (χ4n) is 3.28. The third-order valence-corrected chi connectivity index (χ3v) is 4.76. The lowest BCUT2D eigenvalue weighted by Gasteiger charge is -2.35. The van der Waals surface area contributed by atoms with Crippen molar-refractivity contribution < 1.29 is 9.53 Å². The molecule has 0 radical (unpaired) electrons. The molecule has 1 aliphatic rings. The average Bonchev–Trinajstić information content (AvgIpc) is 3.10. The number of carbonyl (C=O) groups is 1. The van der Waals surface area contributed by atoms with E-state index >= 15 is 0 Å². The first-order valence-electron chi connectivity index (χ1n) is 9.36. The number of nitrogens with zero attached hydrogens (tertiary/aromatic N) is 6. The van der Waals surface area contributed by atoms with Gasteiger partial charge in [0.2, 0.25) is 0 Å². The van der Waals surface area contributed by atoms with Gasteiger partial charge in [-0.1, -0.05) is 12.1 Å². The summed E-state index contributed by atoms with van der Waals surface area (Å²) in [5, 5.41) is 15.5. The van der Waals surface area contributed by atoms with E-state index < -0.39 is 0 Å². The van der Waals surface area contributed by atoms with Crippen LogP contribution in [0.3, 0.4) is 0 Å². The van der Waals surface area contributed by atoms with Gasteiger partial charge in [0, 0.05) is 32.2 Å². The second-order valence-electron chi connectivity index (χ2n) is 6.56. The van der Waals surface area contributed by atoms with Crippen molar-refractivity contribution in [1.82, 2.24) is 24.7 Å². The molecule has 4 rings (SSSR count). The Bertz CT molecular complexity index is 979. The monoisotopic (exact) mass is 381 g/mol. The first-order valence-corrected chi connectivity index (χ1v) is 9.36. The zero-order valence-electron chi connectivity index (χ0n) is 16.0. The van der Waals surface area contributed by atoms with Crippen LogP contribution in [0.4, 0.5) is 16.2 Å². The lowest BCUT2D eigenvalue weighted by atomic mass is 10.2. The fourth-order valence-corrected chi connectivity index (χ4v) is 3.28. The number of anilines is 2. The Hall–Kier alpha value is -3.36. The van der Waals surface area contributed by atoms with E-state index in [0.29, 0.717) is 31.1 Å². The number of aryl methyl sites for hydroxylation is 1. The number of hydrogen-bond donors (Lipinski definition) is 1. The van der Waals surface area contributed by atoms with Gasteiger partial charge in [-0.05, 0) is 26.0 Å². The van der Waals surface area contributed by atoms with Gasteiger partial charge < -0.3 is 19.9 Å². The Labute approximate surface area is 162 Å². The van der Waals surface area contributed by atoms with E-state index in [0.717, 1.165) is 30.2 Å². The van der Waals surface area contributed by atoms with Gasteiger partial charge in [-0.25, -0.2) is 4.79 Å². The third-order valence-electron chi connectivity index (χ3n) is 4.76.